The van der Waals surface area contributed by atoms with Gasteiger partial charge in [0.25, 0.3) is 5.91 Å². The van der Waals surface area contributed by atoms with Crippen molar-refractivity contribution in [3.63, 3.8) is 0 Å². The van der Waals surface area contributed by atoms with Crippen molar-refractivity contribution in [1.29, 1.82) is 0 Å². The van der Waals surface area contributed by atoms with Gasteiger partial charge in [-0.3, -0.25) is 4.79 Å². The molecule has 0 radical (unpaired) electrons. The minimum atomic E-state index is -0.0582. The monoisotopic (exact) mass is 297 g/mol. The van der Waals surface area contributed by atoms with Gasteiger partial charge in [-0.15, -0.1) is 0 Å². The minimum absolute atomic E-state index is 0.0239. The van der Waals surface area contributed by atoms with Crippen molar-refractivity contribution in [1.82, 2.24) is 5.32 Å². The lowest BCUT2D eigenvalue weighted by atomic mass is 9.96. The SMILES string of the molecule is COc1ccc(C(=O)NC(CC(C)C)c2ccccc2)cc1. The van der Waals surface area contributed by atoms with Crippen molar-refractivity contribution >= 4 is 5.91 Å². The summed E-state index contributed by atoms with van der Waals surface area (Å²) >= 11 is 0. The summed E-state index contributed by atoms with van der Waals surface area (Å²) in [5, 5.41) is 3.14. The number of carbonyl (C=O) groups excluding carboxylic acids is 1. The van der Waals surface area contributed by atoms with Crippen LogP contribution in [0.2, 0.25) is 0 Å². The molecule has 0 aromatic heterocycles. The molecule has 0 saturated heterocycles. The van der Waals surface area contributed by atoms with Gasteiger partial charge in [0.15, 0.2) is 0 Å². The third kappa shape index (κ3) is 4.35. The molecule has 2 aromatic carbocycles. The first-order chi connectivity index (χ1) is 10.6. The summed E-state index contributed by atoms with van der Waals surface area (Å²) in [5.74, 6) is 1.19. The fourth-order valence-corrected chi connectivity index (χ4v) is 2.42. The van der Waals surface area contributed by atoms with Crippen LogP contribution in [-0.2, 0) is 0 Å². The van der Waals surface area contributed by atoms with Gasteiger partial charge in [-0.1, -0.05) is 44.2 Å². The molecule has 0 fully saturated rings. The van der Waals surface area contributed by atoms with Crippen molar-refractivity contribution in [2.24, 2.45) is 5.92 Å². The summed E-state index contributed by atoms with van der Waals surface area (Å²) in [5.41, 5.74) is 1.78. The zero-order valence-corrected chi connectivity index (χ0v) is 13.4. The quantitative estimate of drug-likeness (QED) is 0.867. The number of methoxy groups -OCH3 is 1. The van der Waals surface area contributed by atoms with Crippen LogP contribution in [-0.4, -0.2) is 13.0 Å². The molecular weight excluding hydrogens is 274 g/mol. The lowest BCUT2D eigenvalue weighted by Crippen LogP contribution is -2.29. The van der Waals surface area contributed by atoms with Crippen LogP contribution >= 0.6 is 0 Å². The highest BCUT2D eigenvalue weighted by atomic mass is 16.5. The lowest BCUT2D eigenvalue weighted by Gasteiger charge is -2.21. The van der Waals surface area contributed by atoms with Crippen molar-refractivity contribution < 1.29 is 9.53 Å². The number of hydrogen-bond acceptors (Lipinski definition) is 2. The summed E-state index contributed by atoms with van der Waals surface area (Å²) < 4.78 is 5.12. The van der Waals surface area contributed by atoms with Crippen LogP contribution in [0.25, 0.3) is 0 Å². The number of rotatable bonds is 6. The summed E-state index contributed by atoms with van der Waals surface area (Å²) in [6.07, 6.45) is 0.909. The molecule has 116 valence electrons. The Morgan fingerprint density at radius 1 is 1.05 bits per heavy atom. The van der Waals surface area contributed by atoms with Crippen LogP contribution in [0.15, 0.2) is 54.6 Å². The molecule has 1 N–H and O–H groups in total. The van der Waals surface area contributed by atoms with Crippen molar-refractivity contribution in [2.45, 2.75) is 26.3 Å². The van der Waals surface area contributed by atoms with Gasteiger partial charge < -0.3 is 10.1 Å². The number of ether oxygens (including phenoxy) is 1. The first-order valence-electron chi connectivity index (χ1n) is 7.60. The number of hydrogen-bond donors (Lipinski definition) is 1. The largest absolute Gasteiger partial charge is 0.497 e. The topological polar surface area (TPSA) is 38.3 Å². The van der Waals surface area contributed by atoms with E-state index in [0.29, 0.717) is 11.5 Å². The third-order valence-electron chi connectivity index (χ3n) is 3.57. The summed E-state index contributed by atoms with van der Waals surface area (Å²) in [7, 11) is 1.61. The fraction of sp³-hybridized carbons (Fsp3) is 0.316. The standard InChI is InChI=1S/C19H23NO2/c1-14(2)13-18(15-7-5-4-6-8-15)20-19(21)16-9-11-17(22-3)12-10-16/h4-12,14,18H,13H2,1-3H3,(H,20,21). The van der Waals surface area contributed by atoms with E-state index in [1.165, 1.54) is 0 Å². The zero-order valence-electron chi connectivity index (χ0n) is 13.4. The Labute approximate surface area is 132 Å². The fourth-order valence-electron chi connectivity index (χ4n) is 2.42. The Bertz CT molecular complexity index is 591. The zero-order chi connectivity index (χ0) is 15.9. The molecule has 2 rings (SSSR count). The molecule has 0 saturated carbocycles. The summed E-state index contributed by atoms with van der Waals surface area (Å²) in [6.45, 7) is 4.32. The lowest BCUT2D eigenvalue weighted by molar-refractivity contribution is 0.0932. The van der Waals surface area contributed by atoms with E-state index < -0.39 is 0 Å². The molecule has 1 atom stereocenters. The average molecular weight is 297 g/mol. The van der Waals surface area contributed by atoms with Crippen LogP contribution in [0.1, 0.15) is 42.2 Å². The molecule has 1 unspecified atom stereocenters. The smallest absolute Gasteiger partial charge is 0.251 e. The molecular formula is C19H23NO2. The van der Waals surface area contributed by atoms with Crippen molar-refractivity contribution in [3.05, 3.63) is 65.7 Å². The predicted octanol–water partition coefficient (Wildman–Crippen LogP) is 4.21. The Balaban J connectivity index is 2.13. The van der Waals surface area contributed by atoms with Gasteiger partial charge >= 0.3 is 0 Å². The van der Waals surface area contributed by atoms with Crippen molar-refractivity contribution in [2.75, 3.05) is 7.11 Å². The Hall–Kier alpha value is -2.29. The Morgan fingerprint density at radius 3 is 2.23 bits per heavy atom. The first-order valence-corrected chi connectivity index (χ1v) is 7.60. The van der Waals surface area contributed by atoms with Gasteiger partial charge in [0.05, 0.1) is 13.2 Å². The van der Waals surface area contributed by atoms with Crippen LogP contribution in [0, 0.1) is 5.92 Å². The van der Waals surface area contributed by atoms with E-state index in [0.717, 1.165) is 17.7 Å². The second-order valence-corrected chi connectivity index (χ2v) is 5.79. The van der Waals surface area contributed by atoms with Gasteiger partial charge in [0.2, 0.25) is 0 Å². The predicted molar refractivity (Wildman–Crippen MR) is 89.1 cm³/mol. The number of carbonyl (C=O) groups is 1. The van der Waals surface area contributed by atoms with E-state index in [9.17, 15) is 4.79 Å². The Morgan fingerprint density at radius 2 is 1.68 bits per heavy atom. The van der Waals surface area contributed by atoms with Crippen LogP contribution < -0.4 is 10.1 Å². The van der Waals surface area contributed by atoms with E-state index >= 15 is 0 Å². The molecule has 0 aliphatic rings. The molecule has 3 nitrogen and oxygen atoms in total. The minimum Gasteiger partial charge on any atom is -0.497 e. The average Bonchev–Trinajstić information content (AvgIpc) is 2.54. The van der Waals surface area contributed by atoms with E-state index in [1.807, 2.05) is 18.2 Å². The molecule has 0 aliphatic heterocycles. The van der Waals surface area contributed by atoms with E-state index in [4.69, 9.17) is 4.74 Å². The Kier molecular flexibility index (Phi) is 5.59. The maximum Gasteiger partial charge on any atom is 0.251 e. The van der Waals surface area contributed by atoms with Crippen LogP contribution in [0.3, 0.4) is 0 Å². The molecule has 0 spiro atoms. The van der Waals surface area contributed by atoms with Gasteiger partial charge in [-0.25, -0.2) is 0 Å². The molecule has 3 heteroatoms. The highest BCUT2D eigenvalue weighted by Gasteiger charge is 2.17. The number of amides is 1. The maximum absolute atomic E-state index is 12.5. The highest BCUT2D eigenvalue weighted by Crippen LogP contribution is 2.22. The second-order valence-electron chi connectivity index (χ2n) is 5.79. The summed E-state index contributed by atoms with van der Waals surface area (Å²) in [6, 6.07) is 17.3. The molecule has 0 aliphatic carbocycles. The molecule has 2 aromatic rings. The van der Waals surface area contributed by atoms with Gasteiger partial charge in [-0.05, 0) is 42.2 Å². The van der Waals surface area contributed by atoms with Gasteiger partial charge in [0, 0.05) is 5.56 Å². The number of nitrogens with one attached hydrogen (secondary N) is 1. The van der Waals surface area contributed by atoms with E-state index in [-0.39, 0.29) is 11.9 Å². The summed E-state index contributed by atoms with van der Waals surface area (Å²) in [4.78, 5) is 12.5. The normalized spacial score (nSPS) is 12.0. The first kappa shape index (κ1) is 16.1. The molecule has 0 bridgehead atoms. The van der Waals surface area contributed by atoms with E-state index in [1.54, 1.807) is 31.4 Å². The highest BCUT2D eigenvalue weighted by molar-refractivity contribution is 5.94. The van der Waals surface area contributed by atoms with E-state index in [2.05, 4.69) is 31.3 Å². The molecule has 1 amide bonds. The van der Waals surface area contributed by atoms with Crippen LogP contribution in [0.4, 0.5) is 0 Å². The molecule has 0 heterocycles. The maximum atomic E-state index is 12.5. The second kappa shape index (κ2) is 7.64. The van der Waals surface area contributed by atoms with Gasteiger partial charge in [0.1, 0.15) is 5.75 Å². The molecule has 22 heavy (non-hydrogen) atoms. The number of benzene rings is 2. The van der Waals surface area contributed by atoms with Crippen LogP contribution in [0.5, 0.6) is 5.75 Å². The third-order valence-corrected chi connectivity index (χ3v) is 3.57. The van der Waals surface area contributed by atoms with Gasteiger partial charge in [-0.2, -0.15) is 0 Å². The van der Waals surface area contributed by atoms with Crippen molar-refractivity contribution in [3.8, 4) is 5.75 Å².